The Labute approximate surface area is 583 Å². The van der Waals surface area contributed by atoms with Gasteiger partial charge in [-0.25, -0.2) is 24.0 Å². The third-order valence-corrected chi connectivity index (χ3v) is 14.6. The lowest BCUT2D eigenvalue weighted by molar-refractivity contribution is -0.167. The summed E-state index contributed by atoms with van der Waals surface area (Å²) < 4.78 is 59.4. The molecule has 2 atom stereocenters. The minimum absolute atomic E-state index is 0.00530. The predicted molar refractivity (Wildman–Crippen MR) is 376 cm³/mol. The topological polar surface area (TPSA) is 313 Å². The molecule has 0 spiro atoms. The summed E-state index contributed by atoms with van der Waals surface area (Å²) in [6.45, 7) is 8.29. The molecule has 100 heavy (non-hydrogen) atoms. The first-order valence-electron chi connectivity index (χ1n) is 31.8. The van der Waals surface area contributed by atoms with Gasteiger partial charge in [-0.15, -0.1) is 0 Å². The maximum Gasteiger partial charge on any atom is 0.348 e. The second kappa shape index (κ2) is 42.2. The molecule has 0 saturated carbocycles. The van der Waals surface area contributed by atoms with Crippen molar-refractivity contribution in [3.8, 4) is 30.3 Å². The molecule has 0 bridgehead atoms. The number of carbonyl (C=O) groups is 5. The summed E-state index contributed by atoms with van der Waals surface area (Å²) in [6.07, 6.45) is 4.16. The van der Waals surface area contributed by atoms with Crippen molar-refractivity contribution in [3.63, 3.8) is 0 Å². The van der Waals surface area contributed by atoms with E-state index in [4.69, 9.17) is 47.4 Å². The molecule has 25 nitrogen and oxygen atoms in total. The summed E-state index contributed by atoms with van der Waals surface area (Å²) in [6, 6.07) is 44.9. The Kier molecular flexibility index (Phi) is 33.3. The van der Waals surface area contributed by atoms with Crippen molar-refractivity contribution in [1.82, 2.24) is 0 Å². The van der Waals surface area contributed by atoms with Gasteiger partial charge < -0.3 is 71.9 Å². The van der Waals surface area contributed by atoms with Crippen molar-refractivity contribution in [3.05, 3.63) is 177 Å². The number of carbonyl (C=O) groups excluding carboxylic acids is 5. The second-order valence-electron chi connectivity index (χ2n) is 21.8. The molecular weight excluding hydrogens is 1280 g/mol. The number of hydrogen-bond donors (Lipinski definition) is 0. The molecule has 5 aromatic rings. The van der Waals surface area contributed by atoms with Crippen LogP contribution in [0.5, 0.6) is 0 Å². The molecule has 0 fully saturated rings. The average molecular weight is 1360 g/mol. The second-order valence-corrected chi connectivity index (χ2v) is 21.8. The number of nitriles is 5. The van der Waals surface area contributed by atoms with E-state index in [-0.39, 0.29) is 108 Å². The lowest BCUT2D eigenvalue weighted by Crippen LogP contribution is -2.50. The Morgan fingerprint density at radius 1 is 0.320 bits per heavy atom. The molecule has 0 aliphatic carbocycles. The van der Waals surface area contributed by atoms with E-state index in [1.165, 1.54) is 30.4 Å². The van der Waals surface area contributed by atoms with Crippen LogP contribution in [0.1, 0.15) is 62.4 Å². The van der Waals surface area contributed by atoms with Crippen LogP contribution >= 0.6 is 0 Å². The lowest BCUT2D eigenvalue weighted by Gasteiger charge is -2.37. The van der Waals surface area contributed by atoms with Gasteiger partial charge in [0, 0.05) is 63.7 Å². The Morgan fingerprint density at radius 3 is 0.700 bits per heavy atom. The first kappa shape index (κ1) is 79.1. The highest BCUT2D eigenvalue weighted by Gasteiger charge is 2.35. The Balaban J connectivity index is 1.60. The zero-order valence-corrected chi connectivity index (χ0v) is 57.7. The first-order valence-corrected chi connectivity index (χ1v) is 31.8. The summed E-state index contributed by atoms with van der Waals surface area (Å²) in [5.74, 6) is -3.71. The lowest BCUT2D eigenvalue weighted by atomic mass is 10.1. The molecular formula is C75H82N10O15. The smallest absolute Gasteiger partial charge is 0.348 e. The normalized spacial score (nSPS) is 12.5. The SMILES string of the molecule is CCOC(=O)/C(C#N)=C/c1ccc(N(C)COCC(OCN(C)c2ccc(/C=C(\C#N)C(=O)OCC)cc2)C(OCN(C)c2ccc(/C=C(\C#N)C(=O)OCC)cc2)C(COCN(C)c2ccc(/C=C(\C#N)C(=O)OCC)cc2)OCN(C)c2ccc(/C=C(\C#N)C(=O)OCC)cc2)cc1. The van der Waals surface area contributed by atoms with Crippen LogP contribution < -0.4 is 24.5 Å². The molecule has 0 saturated heterocycles. The number of nitrogens with zero attached hydrogens (tertiary/aromatic N) is 10. The summed E-state index contributed by atoms with van der Waals surface area (Å²) in [4.78, 5) is 71.5. The largest absolute Gasteiger partial charge is 0.462 e. The van der Waals surface area contributed by atoms with Crippen LogP contribution in [0.4, 0.5) is 28.4 Å². The molecule has 522 valence electrons. The van der Waals surface area contributed by atoms with Crippen molar-refractivity contribution >= 4 is 88.7 Å². The van der Waals surface area contributed by atoms with Crippen LogP contribution in [0.15, 0.2) is 149 Å². The highest BCUT2D eigenvalue weighted by atomic mass is 16.6. The summed E-state index contributed by atoms with van der Waals surface area (Å²) in [7, 11) is 9.05. The third kappa shape index (κ3) is 25.1. The number of esters is 5. The highest BCUT2D eigenvalue weighted by molar-refractivity contribution is 6.00. The molecule has 2 unspecified atom stereocenters. The average Bonchev–Trinajstić information content (AvgIpc) is 0.885. The summed E-state index contributed by atoms with van der Waals surface area (Å²) in [5, 5.41) is 48.6. The van der Waals surface area contributed by atoms with E-state index in [1.807, 2.05) is 83.0 Å². The van der Waals surface area contributed by atoms with E-state index >= 15 is 0 Å². The van der Waals surface area contributed by atoms with Gasteiger partial charge in [-0.3, -0.25) is 0 Å². The molecule has 5 rings (SSSR count). The van der Waals surface area contributed by atoms with Gasteiger partial charge in [0.15, 0.2) is 0 Å². The molecule has 0 aliphatic rings. The zero-order chi connectivity index (χ0) is 72.9. The van der Waals surface area contributed by atoms with Crippen molar-refractivity contribution in [2.45, 2.75) is 52.9 Å². The number of ether oxygens (including phenoxy) is 10. The van der Waals surface area contributed by atoms with Crippen LogP contribution in [0.3, 0.4) is 0 Å². The molecule has 5 aromatic carbocycles. The van der Waals surface area contributed by atoms with Gasteiger partial charge in [-0.1, -0.05) is 60.7 Å². The van der Waals surface area contributed by atoms with Crippen LogP contribution in [0.2, 0.25) is 0 Å². The number of benzene rings is 5. The number of hydrogen-bond acceptors (Lipinski definition) is 25. The van der Waals surface area contributed by atoms with Crippen molar-refractivity contribution in [2.75, 3.05) is 140 Å². The molecule has 25 heteroatoms. The maximum atomic E-state index is 12.5. The van der Waals surface area contributed by atoms with E-state index in [2.05, 4.69) is 0 Å². The van der Waals surface area contributed by atoms with E-state index in [0.29, 0.717) is 44.9 Å². The highest BCUT2D eigenvalue weighted by Crippen LogP contribution is 2.26. The Morgan fingerprint density at radius 2 is 0.510 bits per heavy atom. The monoisotopic (exact) mass is 1360 g/mol. The maximum absolute atomic E-state index is 12.5. The van der Waals surface area contributed by atoms with Crippen LogP contribution in [0, 0.1) is 56.7 Å². The molecule has 0 N–H and O–H groups in total. The minimum Gasteiger partial charge on any atom is -0.462 e. The Bertz CT molecular complexity index is 3710. The number of anilines is 5. The van der Waals surface area contributed by atoms with Crippen LogP contribution in [-0.2, 0) is 71.3 Å². The molecule has 0 amide bonds. The van der Waals surface area contributed by atoms with E-state index in [1.54, 1.807) is 163 Å². The fourth-order valence-electron chi connectivity index (χ4n) is 9.21. The minimum atomic E-state index is -1.05. The van der Waals surface area contributed by atoms with Gasteiger partial charge in [0.2, 0.25) is 0 Å². The van der Waals surface area contributed by atoms with Crippen molar-refractivity contribution < 1.29 is 71.3 Å². The quantitative estimate of drug-likeness (QED) is 0.0116. The van der Waals surface area contributed by atoms with Gasteiger partial charge in [0.25, 0.3) is 0 Å². The predicted octanol–water partition coefficient (Wildman–Crippen LogP) is 10.00. The third-order valence-electron chi connectivity index (χ3n) is 14.6. The number of rotatable bonds is 39. The standard InChI is InChI=1S/C75H82N10O15/c1-11-93-71(86)58(41-76)36-53-16-26-63(27-17-53)81(6)48-91-46-68(98-50-83(8)65-30-20-55(21-31-65)38-60(43-78)73(88)95-13-3)70(100-52-85(10)67-34-24-57(25-35-67)40-62(45-80)75(90)97-15-5)69(99-51-84(9)66-32-22-56(23-33-66)39-61(44-79)74(89)96-14-4)47-92-49-82(7)64-28-18-54(19-29-64)37-59(42-77)72(87)94-12-2/h16-40,68-70H,11-15,46-52H2,1-10H3/b58-36+,59-37+,60-38+,61-39+,62-40+. The van der Waals surface area contributed by atoms with E-state index < -0.39 is 48.2 Å². The molecule has 0 heterocycles. The van der Waals surface area contributed by atoms with E-state index in [9.17, 15) is 50.3 Å². The van der Waals surface area contributed by atoms with Gasteiger partial charge in [0.1, 0.15) is 110 Å². The summed E-state index contributed by atoms with van der Waals surface area (Å²) >= 11 is 0. The molecule has 0 aliphatic heterocycles. The molecule has 0 aromatic heterocycles. The first-order chi connectivity index (χ1) is 48.3. The van der Waals surface area contributed by atoms with Gasteiger partial charge in [0.05, 0.1) is 46.2 Å². The van der Waals surface area contributed by atoms with Gasteiger partial charge >= 0.3 is 29.8 Å². The van der Waals surface area contributed by atoms with Crippen molar-refractivity contribution in [2.24, 2.45) is 0 Å². The summed E-state index contributed by atoms with van der Waals surface area (Å²) in [5.41, 5.74) is 5.55. The van der Waals surface area contributed by atoms with Crippen LogP contribution in [0.25, 0.3) is 30.4 Å². The zero-order valence-electron chi connectivity index (χ0n) is 57.7. The Hall–Kier alpha value is -11.6. The molecule has 0 radical (unpaired) electrons. The fourth-order valence-corrected chi connectivity index (χ4v) is 9.21. The fraction of sp³-hybridized carbons (Fsp3) is 0.333. The van der Waals surface area contributed by atoms with Crippen LogP contribution in [-0.4, -0.2) is 163 Å². The van der Waals surface area contributed by atoms with Gasteiger partial charge in [-0.2, -0.15) is 26.3 Å². The van der Waals surface area contributed by atoms with E-state index in [0.717, 1.165) is 11.4 Å². The van der Waals surface area contributed by atoms with Gasteiger partial charge in [-0.05, 0) is 153 Å². The van der Waals surface area contributed by atoms with Crippen molar-refractivity contribution in [1.29, 1.82) is 26.3 Å².